The lowest BCUT2D eigenvalue weighted by atomic mass is 9.84. The lowest BCUT2D eigenvalue weighted by Crippen LogP contribution is -2.38. The van der Waals surface area contributed by atoms with Crippen LogP contribution in [0.4, 0.5) is 0 Å². The van der Waals surface area contributed by atoms with Gasteiger partial charge in [0.1, 0.15) is 0 Å². The Hall–Kier alpha value is -1.35. The van der Waals surface area contributed by atoms with Gasteiger partial charge in [-0.1, -0.05) is 50.6 Å². The van der Waals surface area contributed by atoms with E-state index in [9.17, 15) is 4.79 Å². The van der Waals surface area contributed by atoms with Gasteiger partial charge in [0.15, 0.2) is 0 Å². The summed E-state index contributed by atoms with van der Waals surface area (Å²) in [5.41, 5.74) is 7.37. The Kier molecular flexibility index (Phi) is 4.53. The minimum absolute atomic E-state index is 0.0127. The van der Waals surface area contributed by atoms with E-state index >= 15 is 0 Å². The summed E-state index contributed by atoms with van der Waals surface area (Å²) in [5, 5.41) is 0. The van der Waals surface area contributed by atoms with E-state index in [4.69, 9.17) is 5.73 Å². The van der Waals surface area contributed by atoms with Gasteiger partial charge in [-0.3, -0.25) is 4.79 Å². The molecule has 1 saturated heterocycles. The van der Waals surface area contributed by atoms with Crippen LogP contribution in [0.5, 0.6) is 0 Å². The highest BCUT2D eigenvalue weighted by atomic mass is 16.2. The molecule has 2 N–H and O–H groups in total. The number of benzene rings is 1. The lowest BCUT2D eigenvalue weighted by molar-refractivity contribution is -0.133. The molecule has 1 aliphatic heterocycles. The van der Waals surface area contributed by atoms with Crippen molar-refractivity contribution < 1.29 is 4.79 Å². The number of carbonyl (C=O) groups is 1. The van der Waals surface area contributed by atoms with Gasteiger partial charge >= 0.3 is 0 Å². The molecule has 1 saturated carbocycles. The maximum atomic E-state index is 13.2. The molecule has 1 amide bonds. The molecule has 5 unspecified atom stereocenters. The number of amides is 1. The summed E-state index contributed by atoms with van der Waals surface area (Å²) < 4.78 is 0. The lowest BCUT2D eigenvalue weighted by Gasteiger charge is -2.28. The van der Waals surface area contributed by atoms with E-state index in [-0.39, 0.29) is 5.92 Å². The fraction of sp³-hybridized carbons (Fsp3) is 0.632. The summed E-state index contributed by atoms with van der Waals surface area (Å²) in [6, 6.07) is 10.6. The Bertz CT molecular complexity index is 515. The zero-order valence-electron chi connectivity index (χ0n) is 13.7. The molecule has 0 bridgehead atoms. The number of carbonyl (C=O) groups excluding carboxylic acids is 1. The third-order valence-corrected chi connectivity index (χ3v) is 5.86. The van der Waals surface area contributed by atoms with Crippen molar-refractivity contribution in [2.75, 3.05) is 13.1 Å². The molecule has 0 aromatic heterocycles. The first kappa shape index (κ1) is 15.5. The molecule has 0 spiro atoms. The first-order valence-corrected chi connectivity index (χ1v) is 8.71. The van der Waals surface area contributed by atoms with Gasteiger partial charge < -0.3 is 10.6 Å². The third kappa shape index (κ3) is 2.79. The second-order valence-corrected chi connectivity index (χ2v) is 7.18. The van der Waals surface area contributed by atoms with E-state index in [1.54, 1.807) is 0 Å². The van der Waals surface area contributed by atoms with E-state index in [0.29, 0.717) is 29.7 Å². The Morgan fingerprint density at radius 3 is 2.64 bits per heavy atom. The number of hydrogen-bond acceptors (Lipinski definition) is 2. The number of likely N-dealkylation sites (tertiary alicyclic amines) is 1. The largest absolute Gasteiger partial charge is 0.342 e. The average molecular weight is 300 g/mol. The molecule has 1 heterocycles. The Morgan fingerprint density at radius 2 is 2.00 bits per heavy atom. The van der Waals surface area contributed by atoms with Gasteiger partial charge in [0.2, 0.25) is 5.91 Å². The monoisotopic (exact) mass is 300 g/mol. The molecule has 22 heavy (non-hydrogen) atoms. The molecule has 120 valence electrons. The number of nitrogens with zero attached hydrogens (tertiary/aromatic N) is 1. The van der Waals surface area contributed by atoms with E-state index < -0.39 is 0 Å². The summed E-state index contributed by atoms with van der Waals surface area (Å²) in [6.45, 7) is 6.14. The molecule has 1 aromatic carbocycles. The molecular formula is C19H28N2O. The minimum Gasteiger partial charge on any atom is -0.342 e. The second-order valence-electron chi connectivity index (χ2n) is 7.18. The second kappa shape index (κ2) is 6.41. The topological polar surface area (TPSA) is 46.3 Å². The number of nitrogens with two attached hydrogens (primary N) is 1. The first-order chi connectivity index (χ1) is 10.6. The molecule has 5 atom stereocenters. The van der Waals surface area contributed by atoms with Crippen LogP contribution in [0.1, 0.15) is 44.6 Å². The van der Waals surface area contributed by atoms with E-state index in [0.717, 1.165) is 31.5 Å². The van der Waals surface area contributed by atoms with Crippen molar-refractivity contribution >= 4 is 5.91 Å². The Labute approximate surface area is 133 Å². The van der Waals surface area contributed by atoms with Gasteiger partial charge in [0.05, 0.1) is 5.92 Å². The van der Waals surface area contributed by atoms with Crippen molar-refractivity contribution in [1.29, 1.82) is 0 Å². The standard InChI is InChI=1S/C19H28N2O/c1-3-13(2)18(14-7-5-4-6-8-14)19(22)21-11-15-9-10-17(20)16(15)12-21/h4-8,13,15-18H,3,9-12,20H2,1-2H3. The maximum absolute atomic E-state index is 13.2. The molecule has 1 aliphatic carbocycles. The van der Waals surface area contributed by atoms with Crippen LogP contribution in [-0.2, 0) is 4.79 Å². The predicted octanol–water partition coefficient (Wildman–Crippen LogP) is 3.01. The van der Waals surface area contributed by atoms with Gasteiger partial charge in [-0.15, -0.1) is 0 Å². The highest BCUT2D eigenvalue weighted by Crippen LogP contribution is 2.39. The molecule has 3 heteroatoms. The van der Waals surface area contributed by atoms with Crippen LogP contribution in [0.3, 0.4) is 0 Å². The van der Waals surface area contributed by atoms with E-state index in [1.807, 2.05) is 18.2 Å². The first-order valence-electron chi connectivity index (χ1n) is 8.71. The zero-order chi connectivity index (χ0) is 15.7. The van der Waals surface area contributed by atoms with Gasteiger partial charge in [-0.2, -0.15) is 0 Å². The van der Waals surface area contributed by atoms with Crippen LogP contribution >= 0.6 is 0 Å². The summed E-state index contributed by atoms with van der Waals surface area (Å²) in [5.74, 6) is 1.82. The molecule has 2 fully saturated rings. The van der Waals surface area contributed by atoms with Crippen LogP contribution in [0.25, 0.3) is 0 Å². The summed E-state index contributed by atoms with van der Waals surface area (Å²) in [7, 11) is 0. The fourth-order valence-corrected chi connectivity index (χ4v) is 4.29. The smallest absolute Gasteiger partial charge is 0.230 e. The van der Waals surface area contributed by atoms with Gasteiger partial charge in [-0.25, -0.2) is 0 Å². The average Bonchev–Trinajstić information content (AvgIpc) is 3.11. The summed E-state index contributed by atoms with van der Waals surface area (Å²) in [6.07, 6.45) is 3.34. The van der Waals surface area contributed by atoms with Crippen LogP contribution in [0, 0.1) is 17.8 Å². The van der Waals surface area contributed by atoms with Gasteiger partial charge in [0.25, 0.3) is 0 Å². The zero-order valence-corrected chi connectivity index (χ0v) is 13.7. The van der Waals surface area contributed by atoms with Crippen LogP contribution in [0.2, 0.25) is 0 Å². The highest BCUT2D eigenvalue weighted by Gasteiger charge is 2.44. The van der Waals surface area contributed by atoms with Crippen LogP contribution < -0.4 is 5.73 Å². The molecule has 1 aromatic rings. The SMILES string of the molecule is CCC(C)C(C(=O)N1CC2CCC(N)C2C1)c1ccccc1. The van der Waals surface area contributed by atoms with Crippen LogP contribution in [-0.4, -0.2) is 29.9 Å². The molecule has 2 aliphatic rings. The van der Waals surface area contributed by atoms with Crippen molar-refractivity contribution in [2.45, 2.75) is 45.1 Å². The quantitative estimate of drug-likeness (QED) is 0.929. The molecule has 0 radical (unpaired) electrons. The summed E-state index contributed by atoms with van der Waals surface area (Å²) in [4.78, 5) is 15.3. The number of hydrogen-bond donors (Lipinski definition) is 1. The molecular weight excluding hydrogens is 272 g/mol. The van der Waals surface area contributed by atoms with Crippen molar-refractivity contribution in [1.82, 2.24) is 4.90 Å². The summed E-state index contributed by atoms with van der Waals surface area (Å²) >= 11 is 0. The van der Waals surface area contributed by atoms with Crippen molar-refractivity contribution in [3.63, 3.8) is 0 Å². The Morgan fingerprint density at radius 1 is 1.27 bits per heavy atom. The van der Waals surface area contributed by atoms with Crippen LogP contribution in [0.15, 0.2) is 30.3 Å². The molecule has 3 nitrogen and oxygen atoms in total. The fourth-order valence-electron chi connectivity index (χ4n) is 4.29. The van der Waals surface area contributed by atoms with Crippen molar-refractivity contribution in [3.8, 4) is 0 Å². The highest BCUT2D eigenvalue weighted by molar-refractivity contribution is 5.84. The van der Waals surface area contributed by atoms with Crippen molar-refractivity contribution in [3.05, 3.63) is 35.9 Å². The van der Waals surface area contributed by atoms with Gasteiger partial charge in [-0.05, 0) is 36.2 Å². The maximum Gasteiger partial charge on any atom is 0.230 e. The molecule has 3 rings (SSSR count). The minimum atomic E-state index is -0.0127. The predicted molar refractivity (Wildman–Crippen MR) is 89.4 cm³/mol. The van der Waals surface area contributed by atoms with Crippen molar-refractivity contribution in [2.24, 2.45) is 23.5 Å². The Balaban J connectivity index is 1.79. The number of fused-ring (bicyclic) bond motifs is 1. The van der Waals surface area contributed by atoms with E-state index in [2.05, 4.69) is 30.9 Å². The number of rotatable bonds is 4. The third-order valence-electron chi connectivity index (χ3n) is 5.86. The van der Waals surface area contributed by atoms with E-state index in [1.165, 1.54) is 6.42 Å². The van der Waals surface area contributed by atoms with Gasteiger partial charge in [0, 0.05) is 19.1 Å². The normalized spacial score (nSPS) is 30.1.